The SMILES string of the molecule is CCCCCC(C)(OC)C(=O)Nc1ccc(OCCC)c(Cl)c1. The molecule has 0 aromatic heterocycles. The number of anilines is 1. The maximum absolute atomic E-state index is 12.5. The van der Waals surface area contributed by atoms with Crippen LogP contribution in [0.4, 0.5) is 5.69 Å². The number of carbonyl (C=O) groups excluding carboxylic acids is 1. The van der Waals surface area contributed by atoms with Crippen LogP contribution in [-0.2, 0) is 9.53 Å². The molecule has 5 heteroatoms. The van der Waals surface area contributed by atoms with Crippen molar-refractivity contribution in [3.8, 4) is 5.75 Å². The van der Waals surface area contributed by atoms with E-state index in [9.17, 15) is 4.79 Å². The summed E-state index contributed by atoms with van der Waals surface area (Å²) in [5.41, 5.74) is -0.193. The smallest absolute Gasteiger partial charge is 0.256 e. The molecule has 1 amide bonds. The molecule has 1 aromatic carbocycles. The van der Waals surface area contributed by atoms with Gasteiger partial charge in [0.1, 0.15) is 11.4 Å². The Kier molecular flexibility index (Phi) is 8.42. The molecule has 0 bridgehead atoms. The van der Waals surface area contributed by atoms with Crippen LogP contribution in [-0.4, -0.2) is 25.2 Å². The van der Waals surface area contributed by atoms with Crippen molar-refractivity contribution >= 4 is 23.2 Å². The summed E-state index contributed by atoms with van der Waals surface area (Å²) in [6.07, 6.45) is 4.75. The Morgan fingerprint density at radius 2 is 2.00 bits per heavy atom. The molecule has 0 saturated carbocycles. The minimum absolute atomic E-state index is 0.158. The van der Waals surface area contributed by atoms with Crippen LogP contribution in [0.3, 0.4) is 0 Å². The van der Waals surface area contributed by atoms with E-state index in [1.807, 2.05) is 13.8 Å². The number of hydrogen-bond acceptors (Lipinski definition) is 3. The first-order valence-electron chi connectivity index (χ1n) is 8.25. The van der Waals surface area contributed by atoms with E-state index in [1.54, 1.807) is 25.3 Å². The molecule has 0 saturated heterocycles. The van der Waals surface area contributed by atoms with E-state index >= 15 is 0 Å². The van der Waals surface area contributed by atoms with Crippen LogP contribution in [0.5, 0.6) is 5.75 Å². The molecular formula is C18H28ClNO3. The molecule has 1 atom stereocenters. The van der Waals surface area contributed by atoms with Gasteiger partial charge in [-0.1, -0.05) is 44.7 Å². The van der Waals surface area contributed by atoms with Crippen LogP contribution in [0.2, 0.25) is 5.02 Å². The Morgan fingerprint density at radius 3 is 2.57 bits per heavy atom. The van der Waals surface area contributed by atoms with Crippen molar-refractivity contribution in [2.45, 2.75) is 58.5 Å². The van der Waals surface area contributed by atoms with Crippen LogP contribution < -0.4 is 10.1 Å². The third kappa shape index (κ3) is 6.04. The van der Waals surface area contributed by atoms with E-state index in [0.717, 1.165) is 25.7 Å². The van der Waals surface area contributed by atoms with Gasteiger partial charge in [-0.15, -0.1) is 0 Å². The molecule has 0 aliphatic carbocycles. The molecule has 0 aliphatic heterocycles. The molecule has 1 unspecified atom stereocenters. The van der Waals surface area contributed by atoms with Gasteiger partial charge in [0.15, 0.2) is 0 Å². The molecule has 1 aromatic rings. The molecular weight excluding hydrogens is 314 g/mol. The zero-order chi connectivity index (χ0) is 17.3. The maximum atomic E-state index is 12.5. The van der Waals surface area contributed by atoms with Crippen LogP contribution in [0.25, 0.3) is 0 Å². The Labute approximate surface area is 144 Å². The highest BCUT2D eigenvalue weighted by Crippen LogP contribution is 2.29. The second-order valence-electron chi connectivity index (χ2n) is 5.84. The fourth-order valence-corrected chi connectivity index (χ4v) is 2.43. The molecule has 0 heterocycles. The lowest BCUT2D eigenvalue weighted by Crippen LogP contribution is -2.41. The lowest BCUT2D eigenvalue weighted by molar-refractivity contribution is -0.136. The molecule has 4 nitrogen and oxygen atoms in total. The van der Waals surface area contributed by atoms with Gasteiger partial charge in [-0.3, -0.25) is 4.79 Å². The van der Waals surface area contributed by atoms with Gasteiger partial charge in [0, 0.05) is 12.8 Å². The van der Waals surface area contributed by atoms with Gasteiger partial charge in [0.25, 0.3) is 5.91 Å². The Bertz CT molecular complexity index is 507. The minimum atomic E-state index is -0.834. The van der Waals surface area contributed by atoms with Crippen molar-refractivity contribution in [1.29, 1.82) is 0 Å². The van der Waals surface area contributed by atoms with Gasteiger partial charge in [-0.2, -0.15) is 0 Å². The standard InChI is InChI=1S/C18H28ClNO3/c1-5-7-8-11-18(3,22-4)17(21)20-14-9-10-16(15(19)13-14)23-12-6-2/h9-10,13H,5-8,11-12H2,1-4H3,(H,20,21). The molecule has 0 aliphatic rings. The summed E-state index contributed by atoms with van der Waals surface area (Å²) >= 11 is 6.19. The zero-order valence-corrected chi connectivity index (χ0v) is 15.3. The average Bonchev–Trinajstić information content (AvgIpc) is 2.54. The van der Waals surface area contributed by atoms with Crippen LogP contribution >= 0.6 is 11.6 Å². The number of amides is 1. The first-order chi connectivity index (χ1) is 11.0. The summed E-state index contributed by atoms with van der Waals surface area (Å²) < 4.78 is 11.0. The summed E-state index contributed by atoms with van der Waals surface area (Å²) in [4.78, 5) is 12.5. The summed E-state index contributed by atoms with van der Waals surface area (Å²) in [6, 6.07) is 5.26. The summed E-state index contributed by atoms with van der Waals surface area (Å²) in [6.45, 7) is 6.60. The Morgan fingerprint density at radius 1 is 1.26 bits per heavy atom. The number of nitrogens with one attached hydrogen (secondary N) is 1. The van der Waals surface area contributed by atoms with Crippen molar-refractivity contribution in [2.24, 2.45) is 0 Å². The normalized spacial score (nSPS) is 13.4. The van der Waals surface area contributed by atoms with Crippen molar-refractivity contribution in [1.82, 2.24) is 0 Å². The lowest BCUT2D eigenvalue weighted by Gasteiger charge is -2.27. The summed E-state index contributed by atoms with van der Waals surface area (Å²) in [5.74, 6) is 0.471. The topological polar surface area (TPSA) is 47.6 Å². The Balaban J connectivity index is 2.73. The summed E-state index contributed by atoms with van der Waals surface area (Å²) in [5, 5.41) is 3.37. The van der Waals surface area contributed by atoms with Gasteiger partial charge < -0.3 is 14.8 Å². The third-order valence-electron chi connectivity index (χ3n) is 3.84. The molecule has 130 valence electrons. The van der Waals surface area contributed by atoms with Crippen molar-refractivity contribution in [2.75, 3.05) is 19.0 Å². The number of ether oxygens (including phenoxy) is 2. The highest BCUT2D eigenvalue weighted by molar-refractivity contribution is 6.32. The van der Waals surface area contributed by atoms with E-state index in [-0.39, 0.29) is 5.91 Å². The van der Waals surface area contributed by atoms with Crippen LogP contribution in [0, 0.1) is 0 Å². The fraction of sp³-hybridized carbons (Fsp3) is 0.611. The largest absolute Gasteiger partial charge is 0.492 e. The lowest BCUT2D eigenvalue weighted by atomic mass is 9.97. The minimum Gasteiger partial charge on any atom is -0.492 e. The predicted octanol–water partition coefficient (Wildman–Crippen LogP) is 5.05. The predicted molar refractivity (Wildman–Crippen MR) is 95.4 cm³/mol. The van der Waals surface area contributed by atoms with Crippen LogP contribution in [0.1, 0.15) is 52.9 Å². The highest BCUT2D eigenvalue weighted by Gasteiger charge is 2.32. The molecule has 1 rings (SSSR count). The van der Waals surface area contributed by atoms with E-state index in [0.29, 0.717) is 29.5 Å². The van der Waals surface area contributed by atoms with E-state index in [2.05, 4.69) is 12.2 Å². The number of benzene rings is 1. The Hall–Kier alpha value is -1.26. The highest BCUT2D eigenvalue weighted by atomic mass is 35.5. The number of rotatable bonds is 10. The molecule has 0 fully saturated rings. The van der Waals surface area contributed by atoms with Crippen molar-refractivity contribution in [3.63, 3.8) is 0 Å². The fourth-order valence-electron chi connectivity index (χ4n) is 2.19. The van der Waals surface area contributed by atoms with Gasteiger partial charge >= 0.3 is 0 Å². The van der Waals surface area contributed by atoms with E-state index in [4.69, 9.17) is 21.1 Å². The van der Waals surface area contributed by atoms with E-state index < -0.39 is 5.60 Å². The number of methoxy groups -OCH3 is 1. The second kappa shape index (κ2) is 9.78. The quantitative estimate of drug-likeness (QED) is 0.605. The number of unbranched alkanes of at least 4 members (excludes halogenated alkanes) is 2. The zero-order valence-electron chi connectivity index (χ0n) is 14.6. The molecule has 1 N–H and O–H groups in total. The van der Waals surface area contributed by atoms with Crippen LogP contribution in [0.15, 0.2) is 18.2 Å². The van der Waals surface area contributed by atoms with Gasteiger partial charge in [-0.25, -0.2) is 0 Å². The molecule has 0 spiro atoms. The van der Waals surface area contributed by atoms with E-state index in [1.165, 1.54) is 0 Å². The van der Waals surface area contributed by atoms with Crippen molar-refractivity contribution in [3.05, 3.63) is 23.2 Å². The third-order valence-corrected chi connectivity index (χ3v) is 4.14. The number of halogens is 1. The first kappa shape index (κ1) is 19.8. The number of carbonyl (C=O) groups is 1. The maximum Gasteiger partial charge on any atom is 0.256 e. The molecule has 0 radical (unpaired) electrons. The molecule has 23 heavy (non-hydrogen) atoms. The van der Waals surface area contributed by atoms with Gasteiger partial charge in [0.2, 0.25) is 0 Å². The van der Waals surface area contributed by atoms with Gasteiger partial charge in [0.05, 0.1) is 11.6 Å². The number of hydrogen-bond donors (Lipinski definition) is 1. The average molecular weight is 342 g/mol. The van der Waals surface area contributed by atoms with Gasteiger partial charge in [-0.05, 0) is 38.0 Å². The monoisotopic (exact) mass is 341 g/mol. The second-order valence-corrected chi connectivity index (χ2v) is 6.25. The summed E-state index contributed by atoms with van der Waals surface area (Å²) in [7, 11) is 1.57. The van der Waals surface area contributed by atoms with Crippen molar-refractivity contribution < 1.29 is 14.3 Å². The first-order valence-corrected chi connectivity index (χ1v) is 8.63.